The molecule has 1 aromatic heterocycles. The van der Waals surface area contributed by atoms with Crippen molar-refractivity contribution in [1.82, 2.24) is 9.99 Å². The van der Waals surface area contributed by atoms with Crippen LogP contribution >= 0.6 is 11.6 Å². The van der Waals surface area contributed by atoms with Crippen LogP contribution in [0.25, 0.3) is 10.9 Å². The van der Waals surface area contributed by atoms with Crippen molar-refractivity contribution in [1.29, 1.82) is 0 Å². The van der Waals surface area contributed by atoms with Gasteiger partial charge >= 0.3 is 0 Å². The van der Waals surface area contributed by atoms with Crippen LogP contribution in [0.15, 0.2) is 71.8 Å². The molecule has 7 nitrogen and oxygen atoms in total. The van der Waals surface area contributed by atoms with Gasteiger partial charge in [0, 0.05) is 45.5 Å². The van der Waals surface area contributed by atoms with E-state index >= 15 is 0 Å². The molecule has 172 valence electrons. The normalized spacial score (nSPS) is 12.4. The quantitative estimate of drug-likeness (QED) is 0.294. The molecule has 0 saturated carbocycles. The lowest BCUT2D eigenvalue weighted by Gasteiger charge is -2.10. The van der Waals surface area contributed by atoms with Gasteiger partial charge in [0.05, 0.1) is 12.8 Å². The number of nitrogens with one attached hydrogen (secondary N) is 2. The van der Waals surface area contributed by atoms with Crippen LogP contribution in [0.2, 0.25) is 5.02 Å². The summed E-state index contributed by atoms with van der Waals surface area (Å²) in [6.07, 6.45) is 1.69. The van der Waals surface area contributed by atoms with Crippen LogP contribution in [0.5, 0.6) is 11.5 Å². The highest BCUT2D eigenvalue weighted by Crippen LogP contribution is 2.34. The number of carbonyl (C=O) groups is 1. The molecule has 2 heterocycles. The molecule has 0 aliphatic carbocycles. The fraction of sp³-hybridized carbons (Fsp3) is 0.154. The number of aromatic nitrogens is 1. The van der Waals surface area contributed by atoms with Gasteiger partial charge in [-0.2, -0.15) is 5.10 Å². The minimum atomic E-state index is -0.258. The lowest BCUT2D eigenvalue weighted by atomic mass is 10.1. The summed E-state index contributed by atoms with van der Waals surface area (Å²) in [6, 6.07) is 21.4. The summed E-state index contributed by atoms with van der Waals surface area (Å²) in [7, 11) is 0. The lowest BCUT2D eigenvalue weighted by molar-refractivity contribution is -0.119. The number of ether oxygens (including phenoxy) is 2. The van der Waals surface area contributed by atoms with Gasteiger partial charge in [0.2, 0.25) is 6.79 Å². The fourth-order valence-electron chi connectivity index (χ4n) is 4.02. The average molecular weight is 475 g/mol. The van der Waals surface area contributed by atoms with Crippen molar-refractivity contribution < 1.29 is 14.3 Å². The second-order valence-corrected chi connectivity index (χ2v) is 8.32. The summed E-state index contributed by atoms with van der Waals surface area (Å²) >= 11 is 6.40. The third-order valence-electron chi connectivity index (χ3n) is 5.77. The molecule has 4 aromatic rings. The van der Waals surface area contributed by atoms with E-state index in [-0.39, 0.29) is 19.2 Å². The fourth-order valence-corrected chi connectivity index (χ4v) is 4.21. The molecule has 2 N–H and O–H groups in total. The van der Waals surface area contributed by atoms with E-state index in [1.165, 1.54) is 0 Å². The van der Waals surface area contributed by atoms with Crippen molar-refractivity contribution in [3.8, 4) is 11.5 Å². The Balaban J connectivity index is 1.28. The van der Waals surface area contributed by atoms with Crippen molar-refractivity contribution in [3.63, 3.8) is 0 Å². The summed E-state index contributed by atoms with van der Waals surface area (Å²) in [4.78, 5) is 12.3. The van der Waals surface area contributed by atoms with Gasteiger partial charge < -0.3 is 19.4 Å². The zero-order valence-electron chi connectivity index (χ0n) is 18.5. The monoisotopic (exact) mass is 474 g/mol. The highest BCUT2D eigenvalue weighted by Gasteiger charge is 2.15. The van der Waals surface area contributed by atoms with Crippen LogP contribution in [-0.4, -0.2) is 30.0 Å². The third kappa shape index (κ3) is 4.43. The molecule has 0 atom stereocenters. The Hall–Kier alpha value is -3.97. The molecule has 0 fully saturated rings. The van der Waals surface area contributed by atoms with Crippen LogP contribution in [0.1, 0.15) is 16.8 Å². The van der Waals surface area contributed by atoms with Crippen LogP contribution in [-0.2, 0) is 11.3 Å². The van der Waals surface area contributed by atoms with E-state index in [4.69, 9.17) is 21.1 Å². The van der Waals surface area contributed by atoms with E-state index in [2.05, 4.69) is 32.5 Å². The van der Waals surface area contributed by atoms with E-state index in [0.29, 0.717) is 18.0 Å². The van der Waals surface area contributed by atoms with Gasteiger partial charge in [-0.25, -0.2) is 5.43 Å². The number of carbonyl (C=O) groups excluding carboxylic acids is 1. The Morgan fingerprint density at radius 1 is 1.09 bits per heavy atom. The zero-order chi connectivity index (χ0) is 23.5. The van der Waals surface area contributed by atoms with Crippen LogP contribution in [0.3, 0.4) is 0 Å². The maximum absolute atomic E-state index is 12.3. The molecule has 1 aliphatic rings. The van der Waals surface area contributed by atoms with E-state index in [9.17, 15) is 4.79 Å². The van der Waals surface area contributed by atoms with Crippen LogP contribution < -0.4 is 20.2 Å². The summed E-state index contributed by atoms with van der Waals surface area (Å²) in [6.45, 7) is 2.97. The smallest absolute Gasteiger partial charge is 0.259 e. The van der Waals surface area contributed by atoms with Gasteiger partial charge in [-0.3, -0.25) is 4.79 Å². The Labute approximate surface area is 201 Å². The SMILES string of the molecule is Cc1c(/C=N\NC(=O)CNc2ccc3c(c2)OCO3)c2ccccc2n1Cc1ccccc1Cl. The largest absolute Gasteiger partial charge is 0.454 e. The predicted molar refractivity (Wildman–Crippen MR) is 134 cm³/mol. The Morgan fingerprint density at radius 3 is 2.76 bits per heavy atom. The standard InChI is InChI=1S/C26H23ClN4O3/c1-17-21(13-29-30-26(32)14-28-19-10-11-24-25(12-19)34-16-33-24)20-7-3-5-9-23(20)31(17)15-18-6-2-4-8-22(18)27/h2-13,28H,14-16H2,1H3,(H,30,32)/b29-13-. The molecule has 0 radical (unpaired) electrons. The van der Waals surface area contributed by atoms with E-state index in [0.717, 1.165) is 38.4 Å². The molecule has 3 aromatic carbocycles. The molecule has 8 heteroatoms. The summed E-state index contributed by atoms with van der Waals surface area (Å²) in [5, 5.41) is 9.07. The van der Waals surface area contributed by atoms with Crippen molar-refractivity contribution >= 4 is 40.3 Å². The third-order valence-corrected chi connectivity index (χ3v) is 6.14. The van der Waals surface area contributed by atoms with Gasteiger partial charge in [0.15, 0.2) is 11.5 Å². The number of amides is 1. The minimum Gasteiger partial charge on any atom is -0.454 e. The van der Waals surface area contributed by atoms with Gasteiger partial charge in [-0.15, -0.1) is 0 Å². The zero-order valence-corrected chi connectivity index (χ0v) is 19.3. The van der Waals surface area contributed by atoms with Crippen LogP contribution in [0, 0.1) is 6.92 Å². The highest BCUT2D eigenvalue weighted by atomic mass is 35.5. The summed E-state index contributed by atoms with van der Waals surface area (Å²) < 4.78 is 12.9. The average Bonchev–Trinajstić information content (AvgIpc) is 3.42. The second-order valence-electron chi connectivity index (χ2n) is 7.91. The number of nitrogens with zero attached hydrogens (tertiary/aromatic N) is 2. The van der Waals surface area contributed by atoms with E-state index < -0.39 is 0 Å². The van der Waals surface area contributed by atoms with Gasteiger partial charge in [-0.1, -0.05) is 48.0 Å². The molecule has 1 aliphatic heterocycles. The molecule has 1 amide bonds. The number of hydrazone groups is 1. The number of hydrogen-bond acceptors (Lipinski definition) is 5. The first kappa shape index (κ1) is 21.9. The lowest BCUT2D eigenvalue weighted by Crippen LogP contribution is -2.25. The number of para-hydroxylation sites is 1. The number of anilines is 1. The predicted octanol–water partition coefficient (Wildman–Crippen LogP) is 4.94. The molecule has 0 saturated heterocycles. The maximum Gasteiger partial charge on any atom is 0.259 e. The molecule has 0 bridgehead atoms. The number of fused-ring (bicyclic) bond motifs is 2. The van der Waals surface area contributed by atoms with Crippen molar-refractivity contribution in [2.24, 2.45) is 5.10 Å². The molecule has 5 rings (SSSR count). The van der Waals surface area contributed by atoms with Crippen molar-refractivity contribution in [2.45, 2.75) is 13.5 Å². The number of halogens is 1. The second kappa shape index (κ2) is 9.49. The topological polar surface area (TPSA) is 76.9 Å². The van der Waals surface area contributed by atoms with Crippen molar-refractivity contribution in [2.75, 3.05) is 18.7 Å². The van der Waals surface area contributed by atoms with Gasteiger partial charge in [-0.05, 0) is 36.8 Å². The van der Waals surface area contributed by atoms with Crippen LogP contribution in [0.4, 0.5) is 5.69 Å². The van der Waals surface area contributed by atoms with Gasteiger partial charge in [0.25, 0.3) is 5.91 Å². The molecule has 0 unspecified atom stereocenters. The first-order chi connectivity index (χ1) is 16.6. The molecular formula is C26H23ClN4O3. The maximum atomic E-state index is 12.3. The first-order valence-electron chi connectivity index (χ1n) is 10.9. The van der Waals surface area contributed by atoms with E-state index in [1.807, 2.05) is 55.5 Å². The molecular weight excluding hydrogens is 452 g/mol. The summed E-state index contributed by atoms with van der Waals surface area (Å²) in [5.74, 6) is 1.10. The van der Waals surface area contributed by atoms with Gasteiger partial charge in [0.1, 0.15) is 0 Å². The number of hydrogen-bond donors (Lipinski definition) is 2. The Kier molecular flexibility index (Phi) is 6.10. The summed E-state index contributed by atoms with van der Waals surface area (Å²) in [5.41, 5.74) is 7.47. The highest BCUT2D eigenvalue weighted by molar-refractivity contribution is 6.31. The Morgan fingerprint density at radius 2 is 1.88 bits per heavy atom. The molecule has 34 heavy (non-hydrogen) atoms. The first-order valence-corrected chi connectivity index (χ1v) is 11.2. The van der Waals surface area contributed by atoms with E-state index in [1.54, 1.807) is 12.3 Å². The number of rotatable bonds is 7. The Bertz CT molecular complexity index is 1400. The van der Waals surface area contributed by atoms with Crippen molar-refractivity contribution in [3.05, 3.63) is 88.6 Å². The number of benzene rings is 3. The molecule has 0 spiro atoms. The minimum absolute atomic E-state index is 0.0736.